The Bertz CT molecular complexity index is 469. The first-order valence-corrected chi connectivity index (χ1v) is 6.60. The van der Waals surface area contributed by atoms with Crippen molar-refractivity contribution in [1.82, 2.24) is 10.6 Å². The van der Waals surface area contributed by atoms with Crippen LogP contribution >= 0.6 is 0 Å². The van der Waals surface area contributed by atoms with Crippen molar-refractivity contribution in [3.8, 4) is 5.75 Å². The Morgan fingerprint density at radius 2 is 2.37 bits per heavy atom. The third-order valence-corrected chi connectivity index (χ3v) is 3.22. The van der Waals surface area contributed by atoms with Crippen molar-refractivity contribution in [1.29, 1.82) is 0 Å². The fourth-order valence-corrected chi connectivity index (χ4v) is 2.10. The fourth-order valence-electron chi connectivity index (χ4n) is 2.10. The van der Waals surface area contributed by atoms with Crippen LogP contribution in [0.25, 0.3) is 0 Å². The van der Waals surface area contributed by atoms with Crippen molar-refractivity contribution >= 4 is 5.91 Å². The highest BCUT2D eigenvalue weighted by atomic mass is 16.5. The molecule has 0 bridgehead atoms. The molecule has 1 aliphatic rings. The summed E-state index contributed by atoms with van der Waals surface area (Å²) in [6.45, 7) is 2.66. The molecule has 1 amide bonds. The highest BCUT2D eigenvalue weighted by Crippen LogP contribution is 2.12. The van der Waals surface area contributed by atoms with E-state index in [-0.39, 0.29) is 5.91 Å². The van der Waals surface area contributed by atoms with Crippen LogP contribution < -0.4 is 15.4 Å². The molecule has 19 heavy (non-hydrogen) atoms. The zero-order chi connectivity index (χ0) is 13.5. The average molecular weight is 260 g/mol. The van der Waals surface area contributed by atoms with Crippen molar-refractivity contribution in [2.75, 3.05) is 26.7 Å². The van der Waals surface area contributed by atoms with Gasteiger partial charge in [0, 0.05) is 18.7 Å². The molecule has 1 aliphatic heterocycles. The first kappa shape index (κ1) is 13.6. The summed E-state index contributed by atoms with van der Waals surface area (Å²) in [5.41, 5.74) is 2.06. The summed E-state index contributed by atoms with van der Waals surface area (Å²) in [5.74, 6) is 0.655. The van der Waals surface area contributed by atoms with Crippen LogP contribution in [0.1, 0.15) is 23.2 Å². The van der Waals surface area contributed by atoms with Gasteiger partial charge >= 0.3 is 0 Å². The molecule has 0 unspecified atom stereocenters. The van der Waals surface area contributed by atoms with Gasteiger partial charge in [0.1, 0.15) is 5.75 Å². The standard InChI is InChI=1S/C15H20N2O2/c1-19-14-4-2-3-13(11-14)15(18)17-10-7-12-5-8-16-9-6-12/h2-5,11,16H,6-10H2,1H3,(H,17,18). The molecule has 0 aromatic heterocycles. The van der Waals surface area contributed by atoms with Gasteiger partial charge in [0.05, 0.1) is 7.11 Å². The number of hydrogen-bond donors (Lipinski definition) is 2. The molecule has 4 heteroatoms. The van der Waals surface area contributed by atoms with Gasteiger partial charge in [0.15, 0.2) is 0 Å². The number of carbonyl (C=O) groups excluding carboxylic acids is 1. The quantitative estimate of drug-likeness (QED) is 0.793. The summed E-state index contributed by atoms with van der Waals surface area (Å²) in [7, 11) is 1.60. The zero-order valence-corrected chi connectivity index (χ0v) is 11.2. The van der Waals surface area contributed by atoms with E-state index < -0.39 is 0 Å². The van der Waals surface area contributed by atoms with Crippen molar-refractivity contribution in [3.63, 3.8) is 0 Å². The Hall–Kier alpha value is -1.81. The minimum absolute atomic E-state index is 0.0477. The Kier molecular flexibility index (Phi) is 4.98. The lowest BCUT2D eigenvalue weighted by Crippen LogP contribution is -2.26. The van der Waals surface area contributed by atoms with Gasteiger partial charge in [-0.2, -0.15) is 0 Å². The van der Waals surface area contributed by atoms with Gasteiger partial charge in [0.2, 0.25) is 0 Å². The number of ether oxygens (including phenoxy) is 1. The largest absolute Gasteiger partial charge is 0.497 e. The highest BCUT2D eigenvalue weighted by Gasteiger charge is 2.07. The molecule has 1 aromatic carbocycles. The van der Waals surface area contributed by atoms with Crippen LogP contribution in [-0.4, -0.2) is 32.7 Å². The molecular formula is C15H20N2O2. The summed E-state index contributed by atoms with van der Waals surface area (Å²) in [6.07, 6.45) is 4.22. The van der Waals surface area contributed by atoms with Crippen LogP contribution in [0.5, 0.6) is 5.75 Å². The van der Waals surface area contributed by atoms with Gasteiger partial charge in [-0.1, -0.05) is 17.7 Å². The van der Waals surface area contributed by atoms with Crippen LogP contribution in [0.4, 0.5) is 0 Å². The number of rotatable bonds is 5. The number of hydrogen-bond acceptors (Lipinski definition) is 3. The van der Waals surface area contributed by atoms with E-state index in [0.717, 1.165) is 25.9 Å². The molecule has 4 nitrogen and oxygen atoms in total. The molecule has 2 rings (SSSR count). The third-order valence-electron chi connectivity index (χ3n) is 3.22. The Balaban J connectivity index is 1.81. The molecule has 0 saturated carbocycles. The van der Waals surface area contributed by atoms with E-state index in [0.29, 0.717) is 17.9 Å². The maximum absolute atomic E-state index is 12.0. The lowest BCUT2D eigenvalue weighted by Gasteiger charge is -2.14. The first-order valence-electron chi connectivity index (χ1n) is 6.60. The van der Waals surface area contributed by atoms with Gasteiger partial charge in [0.25, 0.3) is 5.91 Å². The number of amides is 1. The minimum Gasteiger partial charge on any atom is -0.497 e. The molecule has 0 spiro atoms. The second-order valence-corrected chi connectivity index (χ2v) is 4.55. The molecule has 1 heterocycles. The van der Waals surface area contributed by atoms with Gasteiger partial charge in [-0.3, -0.25) is 4.79 Å². The molecular weight excluding hydrogens is 240 g/mol. The predicted molar refractivity (Wildman–Crippen MR) is 75.5 cm³/mol. The van der Waals surface area contributed by atoms with E-state index in [1.165, 1.54) is 5.57 Å². The van der Waals surface area contributed by atoms with Crippen molar-refractivity contribution in [2.24, 2.45) is 0 Å². The van der Waals surface area contributed by atoms with Crippen molar-refractivity contribution < 1.29 is 9.53 Å². The van der Waals surface area contributed by atoms with Crippen LogP contribution in [-0.2, 0) is 0 Å². The summed E-state index contributed by atoms with van der Waals surface area (Å²) in [6, 6.07) is 7.19. The first-order chi connectivity index (χ1) is 9.29. The Morgan fingerprint density at radius 3 is 3.11 bits per heavy atom. The summed E-state index contributed by atoms with van der Waals surface area (Å²) in [5, 5.41) is 6.22. The molecule has 2 N–H and O–H groups in total. The second-order valence-electron chi connectivity index (χ2n) is 4.55. The fraction of sp³-hybridized carbons (Fsp3) is 0.400. The van der Waals surface area contributed by atoms with Crippen molar-refractivity contribution in [2.45, 2.75) is 12.8 Å². The van der Waals surface area contributed by atoms with Crippen LogP contribution in [0.15, 0.2) is 35.9 Å². The summed E-state index contributed by atoms with van der Waals surface area (Å²) < 4.78 is 5.11. The molecule has 1 aromatic rings. The van der Waals surface area contributed by atoms with Crippen LogP contribution in [0, 0.1) is 0 Å². The lowest BCUT2D eigenvalue weighted by molar-refractivity contribution is 0.0953. The molecule has 0 fully saturated rings. The smallest absolute Gasteiger partial charge is 0.251 e. The topological polar surface area (TPSA) is 50.4 Å². The van der Waals surface area contributed by atoms with Gasteiger partial charge in [-0.05, 0) is 37.6 Å². The predicted octanol–water partition coefficient (Wildman–Crippen LogP) is 1.73. The van der Waals surface area contributed by atoms with E-state index in [9.17, 15) is 4.79 Å². The van der Waals surface area contributed by atoms with Gasteiger partial charge in [-0.25, -0.2) is 0 Å². The average Bonchev–Trinajstić information content (AvgIpc) is 2.48. The number of carbonyl (C=O) groups is 1. The Morgan fingerprint density at radius 1 is 1.47 bits per heavy atom. The van der Waals surface area contributed by atoms with E-state index in [4.69, 9.17) is 4.74 Å². The van der Waals surface area contributed by atoms with Crippen LogP contribution in [0.3, 0.4) is 0 Å². The normalized spacial score (nSPS) is 14.7. The third kappa shape index (κ3) is 4.10. The summed E-state index contributed by atoms with van der Waals surface area (Å²) >= 11 is 0. The number of benzene rings is 1. The SMILES string of the molecule is COc1cccc(C(=O)NCCC2=CCNCC2)c1. The summed E-state index contributed by atoms with van der Waals surface area (Å²) in [4.78, 5) is 12.0. The zero-order valence-electron chi connectivity index (χ0n) is 11.2. The maximum Gasteiger partial charge on any atom is 0.251 e. The van der Waals surface area contributed by atoms with Crippen molar-refractivity contribution in [3.05, 3.63) is 41.5 Å². The van der Waals surface area contributed by atoms with Crippen LogP contribution in [0.2, 0.25) is 0 Å². The van der Waals surface area contributed by atoms with Gasteiger partial charge < -0.3 is 15.4 Å². The molecule has 0 saturated heterocycles. The van der Waals surface area contributed by atoms with E-state index >= 15 is 0 Å². The Labute approximate surface area is 113 Å². The molecule has 0 radical (unpaired) electrons. The van der Waals surface area contributed by atoms with E-state index in [1.54, 1.807) is 19.2 Å². The monoisotopic (exact) mass is 260 g/mol. The number of nitrogens with one attached hydrogen (secondary N) is 2. The molecule has 0 atom stereocenters. The number of methoxy groups -OCH3 is 1. The van der Waals surface area contributed by atoms with Gasteiger partial charge in [-0.15, -0.1) is 0 Å². The second kappa shape index (κ2) is 6.95. The van der Waals surface area contributed by atoms with E-state index in [2.05, 4.69) is 16.7 Å². The highest BCUT2D eigenvalue weighted by molar-refractivity contribution is 5.94. The maximum atomic E-state index is 12.0. The minimum atomic E-state index is -0.0477. The van der Waals surface area contributed by atoms with E-state index in [1.807, 2.05) is 12.1 Å². The lowest BCUT2D eigenvalue weighted by atomic mass is 10.1. The molecule has 0 aliphatic carbocycles. The molecule has 102 valence electrons.